The third-order valence-corrected chi connectivity index (χ3v) is 4.03. The lowest BCUT2D eigenvalue weighted by Crippen LogP contribution is -2.47. The third kappa shape index (κ3) is 4.04. The number of carbonyl (C=O) groups is 2. The van der Waals surface area contributed by atoms with Gasteiger partial charge in [0, 0.05) is 30.2 Å². The molecule has 22 heavy (non-hydrogen) atoms. The van der Waals surface area contributed by atoms with Gasteiger partial charge in [0.1, 0.15) is 5.75 Å². The summed E-state index contributed by atoms with van der Waals surface area (Å²) in [6.07, 6.45) is 1.53. The maximum Gasteiger partial charge on any atom is 0.314 e. The van der Waals surface area contributed by atoms with Gasteiger partial charge in [-0.25, -0.2) is 4.79 Å². The van der Waals surface area contributed by atoms with Crippen molar-refractivity contribution in [1.82, 2.24) is 10.2 Å². The highest BCUT2D eigenvalue weighted by atomic mass is 35.5. The number of carbonyl (C=O) groups excluding carboxylic acids is 2. The minimum Gasteiger partial charge on any atom is -0.496 e. The molecule has 1 aliphatic rings. The predicted octanol–water partition coefficient (Wildman–Crippen LogP) is 1.76. The zero-order valence-electron chi connectivity index (χ0n) is 12.5. The molecule has 1 atom stereocenters. The molecule has 1 saturated heterocycles. The zero-order valence-corrected chi connectivity index (χ0v) is 13.2. The van der Waals surface area contributed by atoms with Crippen LogP contribution < -0.4 is 15.8 Å². The van der Waals surface area contributed by atoms with Crippen molar-refractivity contribution in [2.75, 3.05) is 20.2 Å². The summed E-state index contributed by atoms with van der Waals surface area (Å²) >= 11 is 5.97. The number of halogens is 1. The minimum atomic E-state index is -0.478. The first kappa shape index (κ1) is 16.4. The lowest BCUT2D eigenvalue weighted by atomic mass is 9.97. The van der Waals surface area contributed by atoms with Gasteiger partial charge in [-0.3, -0.25) is 4.79 Å². The Hall–Kier alpha value is -1.95. The van der Waals surface area contributed by atoms with Crippen LogP contribution in [0.3, 0.4) is 0 Å². The van der Waals surface area contributed by atoms with Crippen LogP contribution in [0.1, 0.15) is 18.4 Å². The molecular formula is C15H20ClN3O3. The van der Waals surface area contributed by atoms with E-state index in [0.717, 1.165) is 18.4 Å². The largest absolute Gasteiger partial charge is 0.496 e. The van der Waals surface area contributed by atoms with Crippen LogP contribution in [-0.4, -0.2) is 37.0 Å². The highest BCUT2D eigenvalue weighted by Crippen LogP contribution is 2.23. The van der Waals surface area contributed by atoms with Gasteiger partial charge in [-0.15, -0.1) is 0 Å². The molecule has 0 aliphatic carbocycles. The van der Waals surface area contributed by atoms with Crippen molar-refractivity contribution in [3.8, 4) is 5.75 Å². The van der Waals surface area contributed by atoms with Gasteiger partial charge in [-0.05, 0) is 31.0 Å². The monoisotopic (exact) mass is 325 g/mol. The molecule has 1 aliphatic heterocycles. The molecule has 3 N–H and O–H groups in total. The van der Waals surface area contributed by atoms with Gasteiger partial charge in [-0.2, -0.15) is 0 Å². The number of benzene rings is 1. The van der Waals surface area contributed by atoms with E-state index in [2.05, 4.69) is 5.32 Å². The number of amides is 3. The molecule has 7 heteroatoms. The molecular weight excluding hydrogens is 306 g/mol. The number of primary amides is 1. The van der Waals surface area contributed by atoms with Gasteiger partial charge < -0.3 is 20.7 Å². The van der Waals surface area contributed by atoms with Crippen LogP contribution in [0.2, 0.25) is 5.02 Å². The topological polar surface area (TPSA) is 84.7 Å². The average molecular weight is 326 g/mol. The van der Waals surface area contributed by atoms with Gasteiger partial charge >= 0.3 is 6.03 Å². The summed E-state index contributed by atoms with van der Waals surface area (Å²) in [6, 6.07) is 4.78. The van der Waals surface area contributed by atoms with Crippen molar-refractivity contribution in [2.45, 2.75) is 19.4 Å². The quantitative estimate of drug-likeness (QED) is 0.884. The van der Waals surface area contributed by atoms with Gasteiger partial charge in [0.25, 0.3) is 0 Å². The number of ether oxygens (including phenoxy) is 1. The van der Waals surface area contributed by atoms with Gasteiger partial charge in [0.05, 0.1) is 13.0 Å². The van der Waals surface area contributed by atoms with Gasteiger partial charge in [0.15, 0.2) is 0 Å². The number of nitrogens with two attached hydrogens (primary N) is 1. The van der Waals surface area contributed by atoms with E-state index >= 15 is 0 Å². The Kier molecular flexibility index (Phi) is 5.49. The van der Waals surface area contributed by atoms with Crippen molar-refractivity contribution >= 4 is 23.5 Å². The van der Waals surface area contributed by atoms with E-state index in [1.807, 2.05) is 0 Å². The third-order valence-electron chi connectivity index (χ3n) is 3.80. The normalized spacial score (nSPS) is 17.9. The van der Waals surface area contributed by atoms with Crippen LogP contribution in [0, 0.1) is 5.92 Å². The van der Waals surface area contributed by atoms with Crippen molar-refractivity contribution in [3.05, 3.63) is 28.8 Å². The molecule has 1 aromatic rings. The molecule has 6 nitrogen and oxygen atoms in total. The van der Waals surface area contributed by atoms with E-state index in [0.29, 0.717) is 30.4 Å². The summed E-state index contributed by atoms with van der Waals surface area (Å²) in [7, 11) is 1.57. The summed E-state index contributed by atoms with van der Waals surface area (Å²) in [4.78, 5) is 25.0. The molecule has 3 amide bonds. The smallest absolute Gasteiger partial charge is 0.314 e. The molecule has 1 unspecified atom stereocenters. The molecule has 1 heterocycles. The second-order valence-corrected chi connectivity index (χ2v) is 5.73. The Bertz CT molecular complexity index is 565. The second kappa shape index (κ2) is 7.35. The molecule has 0 aromatic heterocycles. The Morgan fingerprint density at radius 3 is 2.95 bits per heavy atom. The summed E-state index contributed by atoms with van der Waals surface area (Å²) in [5.74, 6) is 0.353. The van der Waals surface area contributed by atoms with E-state index in [1.54, 1.807) is 25.3 Å². The molecule has 2 rings (SSSR count). The van der Waals surface area contributed by atoms with Crippen molar-refractivity contribution in [3.63, 3.8) is 0 Å². The molecule has 0 bridgehead atoms. The Labute approximate surface area is 134 Å². The van der Waals surface area contributed by atoms with E-state index in [4.69, 9.17) is 22.1 Å². The second-order valence-electron chi connectivity index (χ2n) is 5.30. The van der Waals surface area contributed by atoms with Crippen LogP contribution in [-0.2, 0) is 11.3 Å². The lowest BCUT2D eigenvalue weighted by molar-refractivity contribution is -0.126. The average Bonchev–Trinajstić information content (AvgIpc) is 2.52. The van der Waals surface area contributed by atoms with E-state index in [1.165, 1.54) is 4.90 Å². The van der Waals surface area contributed by atoms with Crippen molar-refractivity contribution in [1.29, 1.82) is 0 Å². The first-order valence-electron chi connectivity index (χ1n) is 7.15. The molecule has 0 saturated carbocycles. The highest BCUT2D eigenvalue weighted by molar-refractivity contribution is 6.30. The molecule has 0 spiro atoms. The Balaban J connectivity index is 1.95. The highest BCUT2D eigenvalue weighted by Gasteiger charge is 2.27. The van der Waals surface area contributed by atoms with Gasteiger partial charge in [0.2, 0.25) is 5.91 Å². The first-order valence-corrected chi connectivity index (χ1v) is 7.53. The summed E-state index contributed by atoms with van der Waals surface area (Å²) in [5.41, 5.74) is 6.08. The standard InChI is InChI=1S/C15H20ClN3O3/c1-22-13-5-4-12(16)7-11(13)8-18-14(20)10-3-2-6-19(9-10)15(17)21/h4-5,7,10H,2-3,6,8-9H2,1H3,(H2,17,21)(H,18,20). The molecule has 0 radical (unpaired) electrons. The van der Waals surface area contributed by atoms with E-state index in [-0.39, 0.29) is 11.8 Å². The predicted molar refractivity (Wildman–Crippen MR) is 83.7 cm³/mol. The van der Waals surface area contributed by atoms with E-state index < -0.39 is 6.03 Å². The van der Waals surface area contributed by atoms with Crippen molar-refractivity contribution < 1.29 is 14.3 Å². The molecule has 1 fully saturated rings. The Morgan fingerprint density at radius 1 is 1.50 bits per heavy atom. The number of urea groups is 1. The fraction of sp³-hybridized carbons (Fsp3) is 0.467. The maximum absolute atomic E-state index is 12.3. The van der Waals surface area contributed by atoms with E-state index in [9.17, 15) is 9.59 Å². The van der Waals surface area contributed by atoms with Crippen LogP contribution in [0.15, 0.2) is 18.2 Å². The van der Waals surface area contributed by atoms with Crippen LogP contribution >= 0.6 is 11.6 Å². The number of piperidine rings is 1. The maximum atomic E-state index is 12.3. The number of hydrogen-bond acceptors (Lipinski definition) is 3. The summed E-state index contributed by atoms with van der Waals surface area (Å²) in [6.45, 7) is 1.31. The minimum absolute atomic E-state index is 0.0898. The molecule has 120 valence electrons. The van der Waals surface area contributed by atoms with Crippen molar-refractivity contribution in [2.24, 2.45) is 11.7 Å². The van der Waals surface area contributed by atoms with Crippen LogP contribution in [0.4, 0.5) is 4.79 Å². The van der Waals surface area contributed by atoms with Crippen LogP contribution in [0.5, 0.6) is 5.75 Å². The zero-order chi connectivity index (χ0) is 16.1. The van der Waals surface area contributed by atoms with Crippen LogP contribution in [0.25, 0.3) is 0 Å². The SMILES string of the molecule is COc1ccc(Cl)cc1CNC(=O)C1CCCN(C(N)=O)C1. The number of rotatable bonds is 4. The first-order chi connectivity index (χ1) is 10.5. The lowest BCUT2D eigenvalue weighted by Gasteiger charge is -2.30. The fourth-order valence-corrected chi connectivity index (χ4v) is 2.80. The number of methoxy groups -OCH3 is 1. The Morgan fingerprint density at radius 2 is 2.27 bits per heavy atom. The fourth-order valence-electron chi connectivity index (χ4n) is 2.60. The number of nitrogens with zero attached hydrogens (tertiary/aromatic N) is 1. The summed E-state index contributed by atoms with van der Waals surface area (Å²) in [5, 5.41) is 3.46. The molecule has 1 aromatic carbocycles. The number of nitrogens with one attached hydrogen (secondary N) is 1. The summed E-state index contributed by atoms with van der Waals surface area (Å²) < 4.78 is 5.25. The number of hydrogen-bond donors (Lipinski definition) is 2. The van der Waals surface area contributed by atoms with Gasteiger partial charge in [-0.1, -0.05) is 11.6 Å². The number of likely N-dealkylation sites (tertiary alicyclic amines) is 1.